The van der Waals surface area contributed by atoms with Gasteiger partial charge in [0.1, 0.15) is 30.7 Å². The van der Waals surface area contributed by atoms with Gasteiger partial charge in [-0.15, -0.1) is 0 Å². The summed E-state index contributed by atoms with van der Waals surface area (Å²) in [7, 11) is 0. The topological polar surface area (TPSA) is 50.7 Å². The minimum atomic E-state index is -0.307. The summed E-state index contributed by atoms with van der Waals surface area (Å²) < 4.78 is 21.1. The molecule has 3 aromatic rings. The van der Waals surface area contributed by atoms with Crippen molar-refractivity contribution in [2.45, 2.75) is 13.6 Å². The number of hydrogen-bond acceptors (Lipinski definition) is 5. The molecule has 5 nitrogen and oxygen atoms in total. The molecule has 1 aromatic carbocycles. The molecule has 2 aromatic heterocycles. The molecule has 0 N–H and O–H groups in total. The number of aromatic nitrogens is 1. The molecule has 0 fully saturated rings. The number of aryl methyl sites for hydroxylation is 1. The van der Waals surface area contributed by atoms with Crippen molar-refractivity contribution >= 4 is 23.1 Å². The van der Waals surface area contributed by atoms with E-state index in [1.807, 2.05) is 24.0 Å². The number of hydrogen-bond donors (Lipinski definition) is 0. The molecular weight excluding hydrogens is 329 g/mol. The molecule has 0 aliphatic carbocycles. The van der Waals surface area contributed by atoms with Gasteiger partial charge in [0.05, 0.1) is 4.53 Å². The number of furan rings is 1. The predicted octanol–water partition coefficient (Wildman–Crippen LogP) is 1.83. The van der Waals surface area contributed by atoms with Gasteiger partial charge in [-0.3, -0.25) is 9.36 Å². The molecule has 0 spiro atoms. The van der Waals surface area contributed by atoms with Crippen LogP contribution in [0.15, 0.2) is 50.6 Å². The first-order chi connectivity index (χ1) is 11.6. The lowest BCUT2D eigenvalue weighted by molar-refractivity contribution is 0.524. The first-order valence-corrected chi connectivity index (χ1v) is 8.24. The molecule has 3 heterocycles. The third-order valence-electron chi connectivity index (χ3n) is 3.78. The largest absolute Gasteiger partial charge is 0.462 e. The van der Waals surface area contributed by atoms with Gasteiger partial charge in [-0.1, -0.05) is 17.4 Å². The van der Waals surface area contributed by atoms with E-state index in [4.69, 9.17) is 4.42 Å². The number of halogens is 1. The minimum Gasteiger partial charge on any atom is -0.462 e. The molecule has 1 aliphatic heterocycles. The van der Waals surface area contributed by atoms with Crippen LogP contribution in [0.3, 0.4) is 0 Å². The number of benzene rings is 1. The maximum atomic E-state index is 13.4. The molecule has 0 radical (unpaired) electrons. The van der Waals surface area contributed by atoms with Crippen molar-refractivity contribution in [2.75, 3.05) is 11.6 Å². The third kappa shape index (κ3) is 2.67. The van der Waals surface area contributed by atoms with E-state index in [0.29, 0.717) is 34.1 Å². The van der Waals surface area contributed by atoms with E-state index in [0.717, 1.165) is 5.76 Å². The van der Waals surface area contributed by atoms with Gasteiger partial charge in [0.15, 0.2) is 4.80 Å². The Morgan fingerprint density at radius 1 is 1.33 bits per heavy atom. The smallest absolute Gasteiger partial charge is 0.271 e. The number of thiazole rings is 1. The molecule has 4 rings (SSSR count). The molecule has 0 saturated carbocycles. The normalized spacial score (nSPS) is 14.6. The van der Waals surface area contributed by atoms with Gasteiger partial charge in [-0.25, -0.2) is 9.38 Å². The van der Waals surface area contributed by atoms with Crippen LogP contribution in [0.25, 0.3) is 6.08 Å². The fraction of sp³-hybridized carbons (Fsp3) is 0.176. The SMILES string of the molecule is Cc1ccc(/C=c2\sc3n(c2=O)CN(c2cccc(F)c2)CN=3)o1. The van der Waals surface area contributed by atoms with Crippen LogP contribution >= 0.6 is 11.3 Å². The number of fused-ring (bicyclic) bond motifs is 1. The summed E-state index contributed by atoms with van der Waals surface area (Å²) in [5.74, 6) is 1.13. The fourth-order valence-electron chi connectivity index (χ4n) is 2.61. The predicted molar refractivity (Wildman–Crippen MR) is 90.1 cm³/mol. The molecule has 1 aliphatic rings. The van der Waals surface area contributed by atoms with Crippen LogP contribution in [0, 0.1) is 12.7 Å². The first kappa shape index (κ1) is 14.9. The number of nitrogens with zero attached hydrogens (tertiary/aromatic N) is 3. The minimum absolute atomic E-state index is 0.117. The van der Waals surface area contributed by atoms with Gasteiger partial charge in [0.25, 0.3) is 5.56 Å². The van der Waals surface area contributed by atoms with Crippen molar-refractivity contribution in [3.8, 4) is 0 Å². The molecule has 0 bridgehead atoms. The van der Waals surface area contributed by atoms with Crippen LogP contribution in [0.2, 0.25) is 0 Å². The fourth-order valence-corrected chi connectivity index (χ4v) is 3.55. The summed E-state index contributed by atoms with van der Waals surface area (Å²) in [5.41, 5.74) is 0.587. The van der Waals surface area contributed by atoms with Crippen LogP contribution in [0.1, 0.15) is 11.5 Å². The highest BCUT2D eigenvalue weighted by Gasteiger charge is 2.16. The molecule has 0 amide bonds. The molecular formula is C17H14FN3O2S. The summed E-state index contributed by atoms with van der Waals surface area (Å²) in [6, 6.07) is 9.97. The second-order valence-electron chi connectivity index (χ2n) is 5.54. The van der Waals surface area contributed by atoms with E-state index in [9.17, 15) is 9.18 Å². The third-order valence-corrected chi connectivity index (χ3v) is 4.83. The van der Waals surface area contributed by atoms with E-state index in [1.54, 1.807) is 22.8 Å². The maximum Gasteiger partial charge on any atom is 0.271 e. The van der Waals surface area contributed by atoms with Crippen LogP contribution < -0.4 is 19.8 Å². The molecule has 122 valence electrons. The van der Waals surface area contributed by atoms with E-state index in [2.05, 4.69) is 4.99 Å². The standard InChI is InChI=1S/C17H14FN3O2S/c1-11-5-6-14(23-11)8-15-16(22)21-10-20(9-19-17(21)24-15)13-4-2-3-12(18)7-13/h2-8H,9-10H2,1H3/b15-8-. The van der Waals surface area contributed by atoms with Crippen molar-refractivity contribution in [3.05, 3.63) is 73.4 Å². The lowest BCUT2D eigenvalue weighted by Gasteiger charge is -2.25. The van der Waals surface area contributed by atoms with E-state index >= 15 is 0 Å². The second-order valence-corrected chi connectivity index (χ2v) is 6.54. The Hall–Kier alpha value is -2.67. The Balaban J connectivity index is 1.73. The van der Waals surface area contributed by atoms with E-state index in [-0.39, 0.29) is 11.4 Å². The van der Waals surface area contributed by atoms with Gasteiger partial charge in [-0.05, 0) is 37.3 Å². The molecule has 0 saturated heterocycles. The number of anilines is 1. The highest BCUT2D eigenvalue weighted by atomic mass is 32.1. The van der Waals surface area contributed by atoms with Crippen molar-refractivity contribution in [1.29, 1.82) is 0 Å². The second kappa shape index (κ2) is 5.76. The van der Waals surface area contributed by atoms with Crippen molar-refractivity contribution in [3.63, 3.8) is 0 Å². The van der Waals surface area contributed by atoms with E-state index < -0.39 is 0 Å². The van der Waals surface area contributed by atoms with Crippen LogP contribution in [0.4, 0.5) is 10.1 Å². The average molecular weight is 343 g/mol. The molecule has 0 unspecified atom stereocenters. The Kier molecular flexibility index (Phi) is 3.57. The summed E-state index contributed by atoms with van der Waals surface area (Å²) in [6.07, 6.45) is 1.73. The Morgan fingerprint density at radius 2 is 2.21 bits per heavy atom. The Morgan fingerprint density at radius 3 is 2.96 bits per heavy atom. The lowest BCUT2D eigenvalue weighted by atomic mass is 10.3. The van der Waals surface area contributed by atoms with Crippen LogP contribution in [0.5, 0.6) is 0 Å². The van der Waals surface area contributed by atoms with Gasteiger partial charge in [0.2, 0.25) is 0 Å². The quantitative estimate of drug-likeness (QED) is 0.713. The van der Waals surface area contributed by atoms with Gasteiger partial charge >= 0.3 is 0 Å². The van der Waals surface area contributed by atoms with Crippen LogP contribution in [-0.2, 0) is 6.67 Å². The average Bonchev–Trinajstić information content (AvgIpc) is 3.11. The van der Waals surface area contributed by atoms with Crippen LogP contribution in [-0.4, -0.2) is 11.2 Å². The first-order valence-electron chi connectivity index (χ1n) is 7.43. The Bertz CT molecular complexity index is 1080. The molecule has 0 atom stereocenters. The van der Waals surface area contributed by atoms with Crippen molar-refractivity contribution in [2.24, 2.45) is 4.99 Å². The zero-order valence-corrected chi connectivity index (χ0v) is 13.7. The summed E-state index contributed by atoms with van der Waals surface area (Å²) in [6.45, 7) is 2.60. The van der Waals surface area contributed by atoms with E-state index in [1.165, 1.54) is 23.5 Å². The van der Waals surface area contributed by atoms with Crippen molar-refractivity contribution < 1.29 is 8.81 Å². The summed E-state index contributed by atoms with van der Waals surface area (Å²) in [4.78, 5) is 19.6. The summed E-state index contributed by atoms with van der Waals surface area (Å²) in [5, 5.41) is 0. The highest BCUT2D eigenvalue weighted by Crippen LogP contribution is 2.16. The van der Waals surface area contributed by atoms with Gasteiger partial charge in [0, 0.05) is 11.8 Å². The molecule has 7 heteroatoms. The maximum absolute atomic E-state index is 13.4. The van der Waals surface area contributed by atoms with Gasteiger partial charge in [-0.2, -0.15) is 0 Å². The zero-order valence-electron chi connectivity index (χ0n) is 12.9. The highest BCUT2D eigenvalue weighted by molar-refractivity contribution is 7.07. The summed E-state index contributed by atoms with van der Waals surface area (Å²) >= 11 is 1.33. The van der Waals surface area contributed by atoms with Gasteiger partial charge < -0.3 is 9.32 Å². The zero-order chi connectivity index (χ0) is 16.7. The van der Waals surface area contributed by atoms with Crippen molar-refractivity contribution in [1.82, 2.24) is 4.57 Å². The Labute approximate surface area is 140 Å². The monoisotopic (exact) mass is 343 g/mol. The number of rotatable bonds is 2. The lowest BCUT2D eigenvalue weighted by Crippen LogP contribution is -2.42. The molecule has 24 heavy (non-hydrogen) atoms.